The van der Waals surface area contributed by atoms with Crippen LogP contribution >= 0.6 is 0 Å². The third-order valence-electron chi connectivity index (χ3n) is 8.58. The third-order valence-corrected chi connectivity index (χ3v) is 8.58. The van der Waals surface area contributed by atoms with Gasteiger partial charge in [0.2, 0.25) is 0 Å². The Bertz CT molecular complexity index is 3530. The van der Waals surface area contributed by atoms with E-state index in [0.717, 1.165) is 5.56 Å². The van der Waals surface area contributed by atoms with E-state index in [4.69, 9.17) is 21.2 Å². The van der Waals surface area contributed by atoms with Crippen molar-refractivity contribution in [2.24, 2.45) is 0 Å². The minimum absolute atomic E-state index is 0.0134. The van der Waals surface area contributed by atoms with E-state index in [1.807, 2.05) is 48.5 Å². The summed E-state index contributed by atoms with van der Waals surface area (Å²) in [6, 6.07) is 16.0. The number of furan rings is 2. The van der Waals surface area contributed by atoms with Crippen molar-refractivity contribution in [1.29, 1.82) is 0 Å². The van der Waals surface area contributed by atoms with Crippen LogP contribution < -0.4 is 0 Å². The van der Waals surface area contributed by atoms with Crippen molar-refractivity contribution in [3.63, 3.8) is 0 Å². The highest BCUT2D eigenvalue weighted by atomic mass is 16.3. The number of hydrogen-bond acceptors (Lipinski definition) is 2. The van der Waals surface area contributed by atoms with Crippen LogP contribution in [0, 0.1) is 0 Å². The van der Waals surface area contributed by atoms with E-state index in [1.54, 1.807) is 18.2 Å². The zero-order valence-corrected chi connectivity index (χ0v) is 23.8. The van der Waals surface area contributed by atoms with Gasteiger partial charge in [0.25, 0.3) is 0 Å². The summed E-state index contributed by atoms with van der Waals surface area (Å²) in [4.78, 5) is 0. The molecule has 2 nitrogen and oxygen atoms in total. The molecule has 0 saturated carbocycles. The molecule has 0 amide bonds. The van der Waals surface area contributed by atoms with Crippen molar-refractivity contribution in [2.45, 2.75) is 0 Å². The Morgan fingerprint density at radius 2 is 1.15 bits per heavy atom. The lowest BCUT2D eigenvalue weighted by molar-refractivity contribution is 0.631. The number of rotatable bonds is 3. The van der Waals surface area contributed by atoms with Crippen LogP contribution in [0.15, 0.2) is 166 Å². The summed E-state index contributed by atoms with van der Waals surface area (Å²) >= 11 is 0. The number of benzene rings is 8. The van der Waals surface area contributed by atoms with E-state index in [0.29, 0.717) is 44.2 Å². The summed E-state index contributed by atoms with van der Waals surface area (Å²) in [7, 11) is 0. The Kier molecular flexibility index (Phi) is 3.32. The molecule has 0 aliphatic carbocycles. The van der Waals surface area contributed by atoms with Crippen LogP contribution in [0.1, 0.15) is 17.8 Å². The molecule has 0 bridgehead atoms. The SMILES string of the molecule is [2H]c1cc2c(-c3c4cc([2H])c([2H])c([2H])c4c(-c4cccc5oc6c7cc(-c8ccccc8)oc7ccc6c45)c4c([2H])c([2H])c([2H])c([2H])c34)c([2H])c([2H])c([2H])c2c([2H])c1[2H]. The maximum atomic E-state index is 9.46. The van der Waals surface area contributed by atoms with Gasteiger partial charge in [-0.05, 0) is 78.8 Å². The van der Waals surface area contributed by atoms with Crippen LogP contribution in [-0.4, -0.2) is 0 Å². The minimum atomic E-state index is -0.630. The Morgan fingerprint density at radius 1 is 0.435 bits per heavy atom. The number of fused-ring (bicyclic) bond motifs is 8. The zero-order valence-electron chi connectivity index (χ0n) is 36.8. The summed E-state index contributed by atoms with van der Waals surface area (Å²) in [5.41, 5.74) is 2.60. The topological polar surface area (TPSA) is 26.3 Å². The molecule has 0 spiro atoms. The van der Waals surface area contributed by atoms with E-state index in [2.05, 4.69) is 0 Å². The largest absolute Gasteiger partial charge is 0.456 e. The second-order valence-electron chi connectivity index (χ2n) is 11.0. The molecule has 0 saturated heterocycles. The van der Waals surface area contributed by atoms with Crippen LogP contribution in [0.3, 0.4) is 0 Å². The minimum Gasteiger partial charge on any atom is -0.456 e. The second-order valence-corrected chi connectivity index (χ2v) is 11.0. The fourth-order valence-corrected chi connectivity index (χ4v) is 6.63. The van der Waals surface area contributed by atoms with Crippen LogP contribution in [0.4, 0.5) is 0 Å². The molecule has 0 fully saturated rings. The number of hydrogen-bond donors (Lipinski definition) is 0. The standard InChI is InChI=1S/C44H26O2/c1-2-13-28(14-3-1)40-26-37-38(45-40)25-24-36-43-35(22-11-23-39(43)46-44(36)37)42-33-19-8-6-17-31(33)41(32-18-7-9-20-34(32)42)30-21-10-15-27-12-4-5-16-29(27)30/h1-26H/i4D,5D,6D,7D,8D,9D,10D,12D,15D,17D,19D,20D,21D. The van der Waals surface area contributed by atoms with Crippen LogP contribution in [-0.2, 0) is 0 Å². The predicted molar refractivity (Wildman–Crippen MR) is 192 cm³/mol. The van der Waals surface area contributed by atoms with Crippen molar-refractivity contribution in [3.05, 3.63) is 157 Å². The summed E-state index contributed by atoms with van der Waals surface area (Å²) in [5, 5.41) is 1.42. The van der Waals surface area contributed by atoms with Gasteiger partial charge in [0.05, 0.1) is 23.2 Å². The quantitative estimate of drug-likeness (QED) is 0.189. The maximum absolute atomic E-state index is 9.46. The summed E-state index contributed by atoms with van der Waals surface area (Å²) in [5.74, 6) is 0.620. The van der Waals surface area contributed by atoms with Crippen molar-refractivity contribution in [3.8, 4) is 33.6 Å². The van der Waals surface area contributed by atoms with Crippen molar-refractivity contribution < 1.29 is 26.7 Å². The van der Waals surface area contributed by atoms with Gasteiger partial charge in [-0.25, -0.2) is 0 Å². The average Bonchev–Trinajstić information content (AvgIpc) is 3.85. The van der Waals surface area contributed by atoms with Gasteiger partial charge < -0.3 is 8.83 Å². The molecule has 2 aromatic heterocycles. The Morgan fingerprint density at radius 3 is 2.00 bits per heavy atom. The van der Waals surface area contributed by atoms with Gasteiger partial charge in [-0.2, -0.15) is 0 Å². The highest BCUT2D eigenvalue weighted by Gasteiger charge is 2.22. The van der Waals surface area contributed by atoms with Crippen molar-refractivity contribution in [1.82, 2.24) is 0 Å². The molecule has 214 valence electrons. The molecular formula is C44H26O2. The highest BCUT2D eigenvalue weighted by Crippen LogP contribution is 2.48. The van der Waals surface area contributed by atoms with Crippen molar-refractivity contribution in [2.75, 3.05) is 0 Å². The van der Waals surface area contributed by atoms with Crippen LogP contribution in [0.5, 0.6) is 0 Å². The molecule has 10 aromatic rings. The van der Waals surface area contributed by atoms with Gasteiger partial charge in [-0.1, -0.05) is 133 Å². The normalized spacial score (nSPS) is 15.9. The van der Waals surface area contributed by atoms with E-state index < -0.39 is 78.6 Å². The van der Waals surface area contributed by atoms with E-state index in [9.17, 15) is 5.48 Å². The molecule has 2 heterocycles. The monoisotopic (exact) mass is 599 g/mol. The van der Waals surface area contributed by atoms with Gasteiger partial charge in [0, 0.05) is 16.3 Å². The molecule has 10 rings (SSSR count). The first-order valence-electron chi connectivity index (χ1n) is 21.1. The lowest BCUT2D eigenvalue weighted by Gasteiger charge is -2.19. The summed E-state index contributed by atoms with van der Waals surface area (Å²) in [6.07, 6.45) is 0. The van der Waals surface area contributed by atoms with E-state index >= 15 is 0 Å². The Labute approximate surface area is 283 Å². The summed E-state index contributed by atoms with van der Waals surface area (Å²) < 4.78 is 129. The molecule has 0 N–H and O–H groups in total. The highest BCUT2D eigenvalue weighted by molar-refractivity contribution is 6.28. The molecule has 0 radical (unpaired) electrons. The average molecular weight is 600 g/mol. The smallest absolute Gasteiger partial charge is 0.146 e. The van der Waals surface area contributed by atoms with Crippen LogP contribution in [0.25, 0.3) is 98.8 Å². The summed E-state index contributed by atoms with van der Waals surface area (Å²) in [6.45, 7) is 0. The molecule has 0 atom stereocenters. The molecule has 46 heavy (non-hydrogen) atoms. The van der Waals surface area contributed by atoms with Gasteiger partial charge in [-0.15, -0.1) is 0 Å². The van der Waals surface area contributed by atoms with Crippen LogP contribution in [0.2, 0.25) is 0 Å². The zero-order chi connectivity index (χ0) is 41.5. The molecule has 8 aromatic carbocycles. The van der Waals surface area contributed by atoms with Gasteiger partial charge in [-0.3, -0.25) is 0 Å². The third kappa shape index (κ3) is 3.59. The Hall–Kier alpha value is -6.12. The first-order chi connectivity index (χ1) is 28.2. The first-order valence-corrected chi connectivity index (χ1v) is 14.6. The van der Waals surface area contributed by atoms with E-state index in [1.165, 1.54) is 12.1 Å². The van der Waals surface area contributed by atoms with Crippen molar-refractivity contribution >= 4 is 65.2 Å². The fourth-order valence-electron chi connectivity index (χ4n) is 6.63. The molecule has 0 aliphatic rings. The Balaban J connectivity index is 1.44. The van der Waals surface area contributed by atoms with Gasteiger partial charge >= 0.3 is 0 Å². The lowest BCUT2D eigenvalue weighted by Crippen LogP contribution is -1.92. The van der Waals surface area contributed by atoms with E-state index in [-0.39, 0.29) is 49.0 Å². The van der Waals surface area contributed by atoms with Gasteiger partial charge in [0.15, 0.2) is 0 Å². The lowest BCUT2D eigenvalue weighted by atomic mass is 9.84. The maximum Gasteiger partial charge on any atom is 0.146 e. The fraction of sp³-hybridized carbons (Fsp3) is 0. The molecule has 0 unspecified atom stereocenters. The first kappa shape index (κ1) is 15.7. The molecule has 2 heteroatoms. The predicted octanol–water partition coefficient (Wildman–Crippen LogP) is 12.8. The second kappa shape index (κ2) is 9.69. The van der Waals surface area contributed by atoms with Gasteiger partial charge in [0.1, 0.15) is 22.5 Å². The molecule has 0 aliphatic heterocycles. The molecular weight excluding hydrogens is 560 g/mol.